The molecule has 0 aromatic heterocycles. The molecule has 5 nitrogen and oxygen atoms in total. The molecule has 0 atom stereocenters. The van der Waals surface area contributed by atoms with Gasteiger partial charge in [0.15, 0.2) is 0 Å². The molecule has 1 N–H and O–H groups in total. The zero-order chi connectivity index (χ0) is 17.7. The van der Waals surface area contributed by atoms with E-state index in [4.69, 9.17) is 0 Å². The Balaban J connectivity index is 1.66. The summed E-state index contributed by atoms with van der Waals surface area (Å²) < 4.78 is 26.7. The Hall–Kier alpha value is -2.60. The van der Waals surface area contributed by atoms with Crippen LogP contribution in [0.4, 0.5) is 5.69 Å². The van der Waals surface area contributed by atoms with Crippen LogP contribution < -0.4 is 4.72 Å². The van der Waals surface area contributed by atoms with Crippen LogP contribution in [-0.4, -0.2) is 32.3 Å². The highest BCUT2D eigenvalue weighted by atomic mass is 32.2. The number of hydrogen-bond donors (Lipinski definition) is 1. The first-order chi connectivity index (χ1) is 12.0. The lowest BCUT2D eigenvalue weighted by Gasteiger charge is -2.15. The Morgan fingerprint density at radius 2 is 1.60 bits per heavy atom. The molecule has 0 bridgehead atoms. The van der Waals surface area contributed by atoms with Crippen LogP contribution in [-0.2, 0) is 10.0 Å². The van der Waals surface area contributed by atoms with Gasteiger partial charge in [-0.05, 0) is 48.7 Å². The molecule has 0 unspecified atom stereocenters. The van der Waals surface area contributed by atoms with Crippen molar-refractivity contribution in [1.29, 1.82) is 0 Å². The zero-order valence-electron chi connectivity index (χ0n) is 13.8. The Morgan fingerprint density at radius 1 is 0.960 bits per heavy atom. The number of sulfonamides is 1. The van der Waals surface area contributed by atoms with Crippen molar-refractivity contribution in [2.75, 3.05) is 17.8 Å². The first-order valence-corrected chi connectivity index (χ1v) is 9.73. The number of nitrogens with one attached hydrogen (secondary N) is 1. The van der Waals surface area contributed by atoms with Gasteiger partial charge in [0.1, 0.15) is 0 Å². The maximum absolute atomic E-state index is 12.3. The Morgan fingerprint density at radius 3 is 2.24 bits per heavy atom. The molecule has 2 aromatic carbocycles. The van der Waals surface area contributed by atoms with E-state index in [1.165, 1.54) is 6.08 Å². The molecule has 130 valence electrons. The van der Waals surface area contributed by atoms with E-state index < -0.39 is 10.0 Å². The predicted molar refractivity (Wildman–Crippen MR) is 99.6 cm³/mol. The van der Waals surface area contributed by atoms with Gasteiger partial charge in [-0.2, -0.15) is 0 Å². The average Bonchev–Trinajstić information content (AvgIpc) is 3.15. The van der Waals surface area contributed by atoms with Crippen LogP contribution in [0.15, 0.2) is 60.0 Å². The molecule has 2 aromatic rings. The van der Waals surface area contributed by atoms with Crippen LogP contribution in [0.3, 0.4) is 0 Å². The van der Waals surface area contributed by atoms with E-state index in [-0.39, 0.29) is 5.91 Å². The van der Waals surface area contributed by atoms with Gasteiger partial charge in [0.25, 0.3) is 15.9 Å². The molecule has 0 radical (unpaired) electrons. The fourth-order valence-corrected chi connectivity index (χ4v) is 3.58. The Kier molecular flexibility index (Phi) is 5.19. The summed E-state index contributed by atoms with van der Waals surface area (Å²) in [4.78, 5) is 14.1. The molecule has 1 saturated heterocycles. The van der Waals surface area contributed by atoms with Crippen molar-refractivity contribution in [2.45, 2.75) is 12.8 Å². The molecule has 1 aliphatic rings. The SMILES string of the molecule is O=C(c1ccc(NS(=O)(=O)C=Cc2ccccc2)cc1)N1CCCC1. The second kappa shape index (κ2) is 7.53. The van der Waals surface area contributed by atoms with E-state index in [1.807, 2.05) is 35.2 Å². The predicted octanol–water partition coefficient (Wildman–Crippen LogP) is 3.34. The van der Waals surface area contributed by atoms with E-state index in [0.29, 0.717) is 11.3 Å². The highest BCUT2D eigenvalue weighted by Crippen LogP contribution is 2.16. The second-order valence-electron chi connectivity index (χ2n) is 5.94. The lowest BCUT2D eigenvalue weighted by Crippen LogP contribution is -2.27. The highest BCUT2D eigenvalue weighted by Gasteiger charge is 2.19. The lowest BCUT2D eigenvalue weighted by molar-refractivity contribution is 0.0793. The van der Waals surface area contributed by atoms with Crippen molar-refractivity contribution in [1.82, 2.24) is 4.90 Å². The quantitative estimate of drug-likeness (QED) is 0.893. The van der Waals surface area contributed by atoms with Gasteiger partial charge in [-0.15, -0.1) is 0 Å². The van der Waals surface area contributed by atoms with Crippen molar-refractivity contribution < 1.29 is 13.2 Å². The molecule has 1 fully saturated rings. The molecule has 0 saturated carbocycles. The summed E-state index contributed by atoms with van der Waals surface area (Å²) in [5, 5.41) is 1.13. The average molecular weight is 356 g/mol. The number of carbonyl (C=O) groups is 1. The highest BCUT2D eigenvalue weighted by molar-refractivity contribution is 7.95. The molecule has 25 heavy (non-hydrogen) atoms. The normalized spacial score (nSPS) is 14.8. The second-order valence-corrected chi connectivity index (χ2v) is 7.50. The van der Waals surface area contributed by atoms with Gasteiger partial charge in [0.05, 0.1) is 5.41 Å². The molecule has 0 aliphatic carbocycles. The minimum absolute atomic E-state index is 0.00381. The summed E-state index contributed by atoms with van der Waals surface area (Å²) in [5.74, 6) is -0.00381. The van der Waals surface area contributed by atoms with Gasteiger partial charge in [-0.1, -0.05) is 30.3 Å². The molecule has 1 heterocycles. The Bertz CT molecular complexity index is 853. The number of benzene rings is 2. The molecule has 0 spiro atoms. The summed E-state index contributed by atoms with van der Waals surface area (Å²) in [6, 6.07) is 15.7. The van der Waals surface area contributed by atoms with E-state index in [1.54, 1.807) is 24.3 Å². The number of anilines is 1. The number of amides is 1. The van der Waals surface area contributed by atoms with Crippen molar-refractivity contribution in [2.24, 2.45) is 0 Å². The fraction of sp³-hybridized carbons (Fsp3) is 0.211. The number of rotatable bonds is 5. The van der Waals surface area contributed by atoms with Crippen molar-refractivity contribution >= 4 is 27.7 Å². The number of nitrogens with zero attached hydrogens (tertiary/aromatic N) is 1. The van der Waals surface area contributed by atoms with Crippen LogP contribution >= 0.6 is 0 Å². The van der Waals surface area contributed by atoms with E-state index in [9.17, 15) is 13.2 Å². The molecule has 3 rings (SSSR count). The third-order valence-corrected chi connectivity index (χ3v) is 5.04. The van der Waals surface area contributed by atoms with Crippen molar-refractivity contribution in [3.8, 4) is 0 Å². The van der Waals surface area contributed by atoms with Gasteiger partial charge in [0, 0.05) is 24.3 Å². The van der Waals surface area contributed by atoms with Crippen molar-refractivity contribution in [3.05, 3.63) is 71.1 Å². The summed E-state index contributed by atoms with van der Waals surface area (Å²) in [6.45, 7) is 1.58. The van der Waals surface area contributed by atoms with Crippen LogP contribution in [0.2, 0.25) is 0 Å². The zero-order valence-corrected chi connectivity index (χ0v) is 14.6. The van der Waals surface area contributed by atoms with Crippen LogP contribution in [0.25, 0.3) is 6.08 Å². The third kappa shape index (κ3) is 4.70. The summed E-state index contributed by atoms with van der Waals surface area (Å²) in [7, 11) is -3.61. The van der Waals surface area contributed by atoms with Gasteiger partial charge in [0.2, 0.25) is 0 Å². The minimum Gasteiger partial charge on any atom is -0.339 e. The minimum atomic E-state index is -3.61. The first-order valence-electron chi connectivity index (χ1n) is 8.19. The summed E-state index contributed by atoms with van der Waals surface area (Å²) >= 11 is 0. The molecule has 1 amide bonds. The van der Waals surface area contributed by atoms with Gasteiger partial charge in [-0.25, -0.2) is 8.42 Å². The smallest absolute Gasteiger partial charge is 0.255 e. The van der Waals surface area contributed by atoms with Crippen molar-refractivity contribution in [3.63, 3.8) is 0 Å². The fourth-order valence-electron chi connectivity index (χ4n) is 2.71. The molecule has 1 aliphatic heterocycles. The topological polar surface area (TPSA) is 66.5 Å². The molecule has 6 heteroatoms. The van der Waals surface area contributed by atoms with Crippen LogP contribution in [0.5, 0.6) is 0 Å². The lowest BCUT2D eigenvalue weighted by atomic mass is 10.2. The van der Waals surface area contributed by atoms with E-state index in [2.05, 4.69) is 4.72 Å². The first kappa shape index (κ1) is 17.2. The van der Waals surface area contributed by atoms with Crippen LogP contribution in [0.1, 0.15) is 28.8 Å². The maximum atomic E-state index is 12.3. The number of hydrogen-bond acceptors (Lipinski definition) is 3. The maximum Gasteiger partial charge on any atom is 0.255 e. The number of carbonyl (C=O) groups excluding carboxylic acids is 1. The Labute approximate surface area is 148 Å². The number of likely N-dealkylation sites (tertiary alicyclic amines) is 1. The molecular formula is C19H20N2O3S. The standard InChI is InChI=1S/C19H20N2O3S/c22-19(21-13-4-5-14-21)17-8-10-18(11-9-17)20-25(23,24)15-12-16-6-2-1-3-7-16/h1-3,6-12,15,20H,4-5,13-14H2. The van der Waals surface area contributed by atoms with Crippen LogP contribution in [0, 0.1) is 0 Å². The van der Waals surface area contributed by atoms with E-state index >= 15 is 0 Å². The molecular weight excluding hydrogens is 336 g/mol. The van der Waals surface area contributed by atoms with E-state index in [0.717, 1.165) is 36.9 Å². The monoisotopic (exact) mass is 356 g/mol. The van der Waals surface area contributed by atoms with Gasteiger partial charge < -0.3 is 4.90 Å². The largest absolute Gasteiger partial charge is 0.339 e. The van der Waals surface area contributed by atoms with Gasteiger partial charge >= 0.3 is 0 Å². The summed E-state index contributed by atoms with van der Waals surface area (Å²) in [6.07, 6.45) is 3.61. The third-order valence-electron chi connectivity index (χ3n) is 4.02. The summed E-state index contributed by atoms with van der Waals surface area (Å²) in [5.41, 5.74) is 1.81. The van der Waals surface area contributed by atoms with Gasteiger partial charge in [-0.3, -0.25) is 9.52 Å².